The van der Waals surface area contributed by atoms with Crippen LogP contribution in [0.1, 0.15) is 6.42 Å². The van der Waals surface area contributed by atoms with Gasteiger partial charge in [0, 0.05) is 0 Å². The van der Waals surface area contributed by atoms with Crippen LogP contribution in [0.5, 0.6) is 0 Å². The Morgan fingerprint density at radius 2 is 0.917 bits per heavy atom. The van der Waals surface area contributed by atoms with E-state index in [1.165, 1.54) is 28.5 Å². The summed E-state index contributed by atoms with van der Waals surface area (Å²) in [5.41, 5.74) is 0. The molecule has 0 nitrogen and oxygen atoms in total. The molecule has 24 heavy (non-hydrogen) atoms. The van der Waals surface area contributed by atoms with Crippen LogP contribution in [0.25, 0.3) is 0 Å². The molecule has 0 aliphatic heterocycles. The van der Waals surface area contributed by atoms with E-state index in [9.17, 15) is 0 Å². The topological polar surface area (TPSA) is 0 Å². The van der Waals surface area contributed by atoms with Crippen molar-refractivity contribution >= 4 is 56.1 Å². The first kappa shape index (κ1) is 19.4. The first-order valence-corrected chi connectivity index (χ1v) is 11.4. The van der Waals surface area contributed by atoms with Crippen LogP contribution in [0.4, 0.5) is 0 Å². The summed E-state index contributed by atoms with van der Waals surface area (Å²) < 4.78 is 0. The molecule has 0 spiro atoms. The molecule has 0 fully saturated rings. The van der Waals surface area contributed by atoms with Crippen molar-refractivity contribution < 1.29 is 0 Å². The van der Waals surface area contributed by atoms with E-state index in [4.69, 9.17) is 0 Å². The third-order valence-electron chi connectivity index (χ3n) is 4.49. The molecular weight excluding hydrogens is 443 g/mol. The van der Waals surface area contributed by atoms with Crippen molar-refractivity contribution in [3.63, 3.8) is 0 Å². The average Bonchev–Trinajstić information content (AvgIpc) is 2.65. The molecule has 3 rings (SSSR count). The first-order chi connectivity index (χ1) is 11.4. The Morgan fingerprint density at radius 3 is 1.21 bits per heavy atom. The summed E-state index contributed by atoms with van der Waals surface area (Å²) >= 11 is 3.64. The van der Waals surface area contributed by atoms with E-state index in [-0.39, 0.29) is 17.0 Å². The molecule has 0 saturated heterocycles. The van der Waals surface area contributed by atoms with E-state index in [0.29, 0.717) is 0 Å². The number of rotatable bonds is 6. The number of alkyl halides is 1. The maximum atomic E-state index is 3.64. The van der Waals surface area contributed by atoms with Crippen LogP contribution in [0, 0.1) is 0 Å². The standard InChI is InChI=1S/C21H22BrP.BrH/c22-17-10-18-23(19-11-4-1-5-12-19,20-13-6-2-7-14-20)21-15-8-3-9-16-21;/h1-9,11-16,23H,10,17-18H2;1H. The fourth-order valence-corrected chi connectivity index (χ4v) is 9.09. The summed E-state index contributed by atoms with van der Waals surface area (Å²) in [4.78, 5) is 0. The van der Waals surface area contributed by atoms with Crippen LogP contribution in [-0.2, 0) is 0 Å². The third kappa shape index (κ3) is 3.99. The van der Waals surface area contributed by atoms with Gasteiger partial charge in [-0.05, 0) is 0 Å². The Balaban J connectivity index is 0.00000208. The Kier molecular flexibility index (Phi) is 7.68. The van der Waals surface area contributed by atoms with Crippen molar-refractivity contribution in [1.29, 1.82) is 0 Å². The van der Waals surface area contributed by atoms with E-state index in [2.05, 4.69) is 107 Å². The van der Waals surface area contributed by atoms with Gasteiger partial charge in [-0.25, -0.2) is 0 Å². The van der Waals surface area contributed by atoms with Gasteiger partial charge < -0.3 is 0 Å². The van der Waals surface area contributed by atoms with E-state index in [1.807, 2.05) is 0 Å². The van der Waals surface area contributed by atoms with Gasteiger partial charge >= 0.3 is 148 Å². The number of hydrogen-bond acceptors (Lipinski definition) is 0. The van der Waals surface area contributed by atoms with Gasteiger partial charge in [-0.2, -0.15) is 0 Å². The zero-order valence-corrected chi connectivity index (χ0v) is 17.9. The number of halogens is 2. The molecule has 3 aromatic carbocycles. The average molecular weight is 466 g/mol. The van der Waals surface area contributed by atoms with E-state index < -0.39 is 7.26 Å². The predicted octanol–water partition coefficient (Wildman–Crippen LogP) is 5.08. The summed E-state index contributed by atoms with van der Waals surface area (Å²) in [6.45, 7) is 0. The van der Waals surface area contributed by atoms with Gasteiger partial charge in [-0.3, -0.25) is 0 Å². The van der Waals surface area contributed by atoms with Crippen LogP contribution in [0.3, 0.4) is 0 Å². The minimum atomic E-state index is -1.97. The van der Waals surface area contributed by atoms with Crippen molar-refractivity contribution in [3.8, 4) is 0 Å². The molecule has 0 radical (unpaired) electrons. The Hall–Kier alpha value is -0.950. The zero-order chi connectivity index (χ0) is 16.0. The van der Waals surface area contributed by atoms with Gasteiger partial charge in [-0.1, -0.05) is 0 Å². The maximum absolute atomic E-state index is 3.64. The molecule has 0 heterocycles. The summed E-state index contributed by atoms with van der Waals surface area (Å²) in [7, 11) is -1.97. The fourth-order valence-electron chi connectivity index (χ4n) is 3.43. The van der Waals surface area contributed by atoms with E-state index >= 15 is 0 Å². The normalized spacial score (nSPS) is 11.5. The monoisotopic (exact) mass is 464 g/mol. The van der Waals surface area contributed by atoms with Crippen LogP contribution in [-0.4, -0.2) is 11.5 Å². The SMILES string of the molecule is Br.BrCCC[PH](c1ccccc1)(c1ccccc1)c1ccccc1. The molecule has 0 bridgehead atoms. The van der Waals surface area contributed by atoms with Crippen molar-refractivity contribution in [2.24, 2.45) is 0 Å². The van der Waals surface area contributed by atoms with Crippen molar-refractivity contribution in [1.82, 2.24) is 0 Å². The van der Waals surface area contributed by atoms with Crippen LogP contribution >= 0.6 is 40.2 Å². The molecule has 0 aromatic heterocycles. The van der Waals surface area contributed by atoms with E-state index in [0.717, 1.165) is 5.33 Å². The molecule has 0 atom stereocenters. The second-order valence-corrected chi connectivity index (χ2v) is 10.6. The Bertz CT molecular complexity index is 618. The minimum absolute atomic E-state index is 0. The Labute approximate surface area is 164 Å². The molecule has 3 heteroatoms. The van der Waals surface area contributed by atoms with Gasteiger partial charge in [-0.15, -0.1) is 17.0 Å². The summed E-state index contributed by atoms with van der Waals surface area (Å²) in [6.07, 6.45) is 2.40. The molecule has 0 unspecified atom stereocenters. The molecular formula is C21H23Br2P. The van der Waals surface area contributed by atoms with Gasteiger partial charge in [0.25, 0.3) is 0 Å². The van der Waals surface area contributed by atoms with Crippen LogP contribution < -0.4 is 15.9 Å². The van der Waals surface area contributed by atoms with Crippen molar-refractivity contribution in [2.75, 3.05) is 11.5 Å². The summed E-state index contributed by atoms with van der Waals surface area (Å²) in [5.74, 6) is 0. The van der Waals surface area contributed by atoms with Crippen molar-refractivity contribution in [2.45, 2.75) is 6.42 Å². The van der Waals surface area contributed by atoms with Gasteiger partial charge in [0.2, 0.25) is 0 Å². The number of benzene rings is 3. The molecule has 0 aliphatic carbocycles. The Morgan fingerprint density at radius 1 is 0.583 bits per heavy atom. The molecule has 0 saturated carbocycles. The molecule has 0 aliphatic rings. The molecule has 126 valence electrons. The molecule has 0 amide bonds. The van der Waals surface area contributed by atoms with Crippen LogP contribution in [0.15, 0.2) is 91.0 Å². The molecule has 3 aromatic rings. The zero-order valence-electron chi connectivity index (χ0n) is 13.6. The number of hydrogen-bond donors (Lipinski definition) is 0. The van der Waals surface area contributed by atoms with Gasteiger partial charge in [0.1, 0.15) is 0 Å². The quantitative estimate of drug-likeness (QED) is 0.352. The second-order valence-electron chi connectivity index (χ2n) is 5.80. The molecule has 0 N–H and O–H groups in total. The predicted molar refractivity (Wildman–Crippen MR) is 120 cm³/mol. The van der Waals surface area contributed by atoms with E-state index in [1.54, 1.807) is 0 Å². The summed E-state index contributed by atoms with van der Waals surface area (Å²) in [5, 5.41) is 5.55. The first-order valence-electron chi connectivity index (χ1n) is 8.10. The van der Waals surface area contributed by atoms with Gasteiger partial charge in [0.15, 0.2) is 0 Å². The van der Waals surface area contributed by atoms with Gasteiger partial charge in [0.05, 0.1) is 0 Å². The van der Waals surface area contributed by atoms with Crippen molar-refractivity contribution in [3.05, 3.63) is 91.0 Å². The van der Waals surface area contributed by atoms with Crippen LogP contribution in [0.2, 0.25) is 0 Å². The summed E-state index contributed by atoms with van der Waals surface area (Å²) in [6, 6.07) is 33.3. The fraction of sp³-hybridized carbons (Fsp3) is 0.143. The third-order valence-corrected chi connectivity index (χ3v) is 10.1. The second kappa shape index (κ2) is 9.51.